The lowest BCUT2D eigenvalue weighted by atomic mass is 10.2. The van der Waals surface area contributed by atoms with Gasteiger partial charge in [-0.15, -0.1) is 0 Å². The number of ether oxygens (including phenoxy) is 1. The van der Waals surface area contributed by atoms with Crippen molar-refractivity contribution < 1.29 is 9.53 Å². The van der Waals surface area contributed by atoms with E-state index in [4.69, 9.17) is 10.5 Å². The summed E-state index contributed by atoms with van der Waals surface area (Å²) in [7, 11) is 0. The number of hydrogen-bond donors (Lipinski definition) is 2. The highest BCUT2D eigenvalue weighted by Gasteiger charge is 2.09. The van der Waals surface area contributed by atoms with Crippen LogP contribution in [0.4, 0.5) is 5.69 Å². The van der Waals surface area contributed by atoms with Gasteiger partial charge in [0.05, 0.1) is 0 Å². The Balaban J connectivity index is 2.15. The summed E-state index contributed by atoms with van der Waals surface area (Å²) < 4.78 is 5.56. The maximum absolute atomic E-state index is 12.2. The number of benzene rings is 1. The molecule has 0 fully saturated rings. The molecular formula is C18H19N3O2. The highest BCUT2D eigenvalue weighted by molar-refractivity contribution is 6.02. The second-order valence-corrected chi connectivity index (χ2v) is 4.96. The number of amides is 1. The van der Waals surface area contributed by atoms with Crippen LogP contribution in [0.1, 0.15) is 21.6 Å². The van der Waals surface area contributed by atoms with E-state index in [2.05, 4.69) is 23.5 Å². The summed E-state index contributed by atoms with van der Waals surface area (Å²) >= 11 is 0. The minimum Gasteiger partial charge on any atom is -0.458 e. The Labute approximate surface area is 135 Å². The van der Waals surface area contributed by atoms with E-state index in [9.17, 15) is 4.79 Å². The number of nitrogens with two attached hydrogens (primary N) is 1. The lowest BCUT2D eigenvalue weighted by Gasteiger charge is -2.11. The van der Waals surface area contributed by atoms with Crippen molar-refractivity contribution >= 4 is 11.6 Å². The van der Waals surface area contributed by atoms with E-state index in [-0.39, 0.29) is 5.91 Å². The van der Waals surface area contributed by atoms with Crippen molar-refractivity contribution in [3.63, 3.8) is 0 Å². The number of aromatic nitrogens is 1. The number of allylic oxidation sites excluding steroid dienone is 1. The number of carbonyl (C=O) groups is 1. The van der Waals surface area contributed by atoms with Gasteiger partial charge in [0, 0.05) is 24.5 Å². The van der Waals surface area contributed by atoms with Gasteiger partial charge >= 0.3 is 0 Å². The second-order valence-electron chi connectivity index (χ2n) is 4.96. The van der Waals surface area contributed by atoms with E-state index < -0.39 is 0 Å². The molecule has 118 valence electrons. The molecule has 0 radical (unpaired) electrons. The average molecular weight is 309 g/mol. The molecule has 1 amide bonds. The molecule has 0 spiro atoms. The SMILES string of the molecule is C=CC(=C)Oc1cc(NC(=O)c2ccc(CN)cn2)ccc1C. The predicted molar refractivity (Wildman–Crippen MR) is 91.2 cm³/mol. The van der Waals surface area contributed by atoms with Gasteiger partial charge in [0.25, 0.3) is 5.91 Å². The topological polar surface area (TPSA) is 77.2 Å². The van der Waals surface area contributed by atoms with Gasteiger partial charge in [0.15, 0.2) is 0 Å². The molecule has 1 heterocycles. The molecule has 1 aromatic carbocycles. The van der Waals surface area contributed by atoms with Crippen LogP contribution in [0.5, 0.6) is 5.75 Å². The Morgan fingerprint density at radius 2 is 2.17 bits per heavy atom. The Kier molecular flexibility index (Phi) is 5.28. The molecule has 5 heteroatoms. The third-order valence-electron chi connectivity index (χ3n) is 3.21. The summed E-state index contributed by atoms with van der Waals surface area (Å²) in [5.74, 6) is 0.751. The molecule has 5 nitrogen and oxygen atoms in total. The fraction of sp³-hybridized carbons (Fsp3) is 0.111. The smallest absolute Gasteiger partial charge is 0.274 e. The Bertz CT molecular complexity index is 736. The molecule has 0 aliphatic rings. The molecule has 2 rings (SSSR count). The third-order valence-corrected chi connectivity index (χ3v) is 3.21. The maximum atomic E-state index is 12.2. The Morgan fingerprint density at radius 1 is 1.39 bits per heavy atom. The van der Waals surface area contributed by atoms with Gasteiger partial charge in [-0.25, -0.2) is 0 Å². The zero-order valence-corrected chi connectivity index (χ0v) is 13.0. The quantitative estimate of drug-likeness (QED) is 0.634. The molecule has 0 aliphatic heterocycles. The van der Waals surface area contributed by atoms with Gasteiger partial charge in [0.1, 0.15) is 17.2 Å². The second kappa shape index (κ2) is 7.38. The van der Waals surface area contributed by atoms with Crippen molar-refractivity contribution in [2.45, 2.75) is 13.5 Å². The van der Waals surface area contributed by atoms with E-state index in [0.29, 0.717) is 29.4 Å². The number of nitrogens with one attached hydrogen (secondary N) is 1. The largest absolute Gasteiger partial charge is 0.458 e. The average Bonchev–Trinajstić information content (AvgIpc) is 2.57. The molecule has 0 aliphatic carbocycles. The number of anilines is 1. The van der Waals surface area contributed by atoms with Gasteiger partial charge in [-0.3, -0.25) is 9.78 Å². The van der Waals surface area contributed by atoms with Gasteiger partial charge < -0.3 is 15.8 Å². The van der Waals surface area contributed by atoms with Gasteiger partial charge in [-0.2, -0.15) is 0 Å². The van der Waals surface area contributed by atoms with E-state index >= 15 is 0 Å². The van der Waals surface area contributed by atoms with Crippen LogP contribution in [0.15, 0.2) is 61.5 Å². The monoisotopic (exact) mass is 309 g/mol. The highest BCUT2D eigenvalue weighted by Crippen LogP contribution is 2.24. The van der Waals surface area contributed by atoms with Gasteiger partial charge in [-0.05, 0) is 36.3 Å². The van der Waals surface area contributed by atoms with Crippen LogP contribution >= 0.6 is 0 Å². The van der Waals surface area contributed by atoms with E-state index in [0.717, 1.165) is 11.1 Å². The minimum absolute atomic E-state index is 0.300. The van der Waals surface area contributed by atoms with Crippen LogP contribution in [0.3, 0.4) is 0 Å². The standard InChI is InChI=1S/C18H19N3O2/c1-4-13(3)23-17-9-15(7-5-12(17)2)21-18(22)16-8-6-14(10-19)11-20-16/h4-9,11H,1,3,10,19H2,2H3,(H,21,22). The van der Waals surface area contributed by atoms with Crippen molar-refractivity contribution in [2.24, 2.45) is 5.73 Å². The molecule has 0 saturated carbocycles. The normalized spacial score (nSPS) is 10.0. The summed E-state index contributed by atoms with van der Waals surface area (Å²) in [6.45, 7) is 9.61. The van der Waals surface area contributed by atoms with Crippen LogP contribution in [-0.2, 0) is 6.54 Å². The molecule has 0 bridgehead atoms. The molecule has 0 atom stereocenters. The van der Waals surface area contributed by atoms with Crippen LogP contribution in [0, 0.1) is 6.92 Å². The number of rotatable bonds is 6. The Morgan fingerprint density at radius 3 is 2.78 bits per heavy atom. The van der Waals surface area contributed by atoms with Crippen LogP contribution in [0.25, 0.3) is 0 Å². The summed E-state index contributed by atoms with van der Waals surface area (Å²) in [4.78, 5) is 16.3. The van der Waals surface area contributed by atoms with Crippen LogP contribution in [0.2, 0.25) is 0 Å². The number of carbonyl (C=O) groups excluding carboxylic acids is 1. The fourth-order valence-corrected chi connectivity index (χ4v) is 1.85. The zero-order valence-electron chi connectivity index (χ0n) is 13.0. The van der Waals surface area contributed by atoms with E-state index in [1.807, 2.05) is 13.0 Å². The van der Waals surface area contributed by atoms with Crippen molar-refractivity contribution in [3.8, 4) is 5.75 Å². The lowest BCUT2D eigenvalue weighted by Crippen LogP contribution is -2.14. The Hall–Kier alpha value is -2.92. The molecule has 0 saturated heterocycles. The lowest BCUT2D eigenvalue weighted by molar-refractivity contribution is 0.102. The summed E-state index contributed by atoms with van der Waals surface area (Å²) in [5, 5.41) is 2.79. The molecule has 3 N–H and O–H groups in total. The van der Waals surface area contributed by atoms with Crippen molar-refractivity contribution in [3.05, 3.63) is 78.3 Å². The van der Waals surface area contributed by atoms with Crippen molar-refractivity contribution in [1.82, 2.24) is 4.98 Å². The zero-order chi connectivity index (χ0) is 16.8. The first kappa shape index (κ1) is 16.5. The molecule has 0 unspecified atom stereocenters. The first-order valence-corrected chi connectivity index (χ1v) is 7.09. The fourth-order valence-electron chi connectivity index (χ4n) is 1.85. The number of aryl methyl sites for hydroxylation is 1. The molecular weight excluding hydrogens is 290 g/mol. The number of nitrogens with zero attached hydrogens (tertiary/aromatic N) is 1. The minimum atomic E-state index is -0.300. The summed E-state index contributed by atoms with van der Waals surface area (Å²) in [6.07, 6.45) is 3.11. The first-order valence-electron chi connectivity index (χ1n) is 7.09. The highest BCUT2D eigenvalue weighted by atomic mass is 16.5. The van der Waals surface area contributed by atoms with Crippen LogP contribution in [-0.4, -0.2) is 10.9 Å². The van der Waals surface area contributed by atoms with Gasteiger partial charge in [0.2, 0.25) is 0 Å². The van der Waals surface area contributed by atoms with E-state index in [1.54, 1.807) is 30.5 Å². The van der Waals surface area contributed by atoms with Crippen molar-refractivity contribution in [1.29, 1.82) is 0 Å². The molecule has 2 aromatic rings. The van der Waals surface area contributed by atoms with Gasteiger partial charge in [-0.1, -0.05) is 25.3 Å². The maximum Gasteiger partial charge on any atom is 0.274 e. The third kappa shape index (κ3) is 4.28. The van der Waals surface area contributed by atoms with E-state index in [1.165, 1.54) is 6.08 Å². The number of pyridine rings is 1. The summed E-state index contributed by atoms with van der Waals surface area (Å²) in [6, 6.07) is 8.80. The van der Waals surface area contributed by atoms with Crippen molar-refractivity contribution in [2.75, 3.05) is 5.32 Å². The predicted octanol–water partition coefficient (Wildman–Crippen LogP) is 3.18. The molecule has 1 aromatic heterocycles. The summed E-state index contributed by atoms with van der Waals surface area (Å²) in [5.41, 5.74) is 8.24. The van der Waals surface area contributed by atoms with Crippen LogP contribution < -0.4 is 15.8 Å². The number of hydrogen-bond acceptors (Lipinski definition) is 4. The first-order chi connectivity index (χ1) is 11.0. The molecule has 23 heavy (non-hydrogen) atoms.